The van der Waals surface area contributed by atoms with Crippen LogP contribution in [0.2, 0.25) is 0 Å². The van der Waals surface area contributed by atoms with Crippen LogP contribution in [0.5, 0.6) is 5.75 Å². The molecule has 10 nitrogen and oxygen atoms in total. The SMILES string of the molecule is C[C@H]1COc2c(N3CCN(C)CC3)c(F)cc3c(=O)c(C(=O)N[C@H](CN)CCC(=O)O)cn1c23. The molecule has 0 aliphatic carbocycles. The highest BCUT2D eigenvalue weighted by atomic mass is 19.1. The molecule has 11 heteroatoms. The van der Waals surface area contributed by atoms with Crippen LogP contribution in [-0.2, 0) is 4.79 Å². The zero-order valence-corrected chi connectivity index (χ0v) is 19.3. The number of halogens is 1. The number of nitrogens with zero attached hydrogens (tertiary/aromatic N) is 3. The second kappa shape index (κ2) is 9.59. The second-order valence-corrected chi connectivity index (χ2v) is 9.00. The number of benzene rings is 1. The number of carbonyl (C=O) groups excluding carboxylic acids is 1. The Morgan fingerprint density at radius 2 is 2.03 bits per heavy atom. The standard InChI is InChI=1S/C23H30FN5O5/c1-13-12-34-22-19-15(9-17(24)20(22)28-7-5-27(2)6-8-28)21(32)16(11-29(13)19)23(33)26-14(10-25)3-4-18(30)31/h9,11,13-14H,3-8,10,12,25H2,1-2H3,(H,26,33)(H,30,31)/t13-,14-/m0/s1. The number of piperazine rings is 1. The van der Waals surface area contributed by atoms with Gasteiger partial charge in [0.1, 0.15) is 17.9 Å². The molecule has 1 aromatic carbocycles. The molecule has 0 spiro atoms. The molecule has 2 atom stereocenters. The van der Waals surface area contributed by atoms with Gasteiger partial charge < -0.3 is 35.3 Å². The van der Waals surface area contributed by atoms with E-state index >= 15 is 4.39 Å². The number of aromatic nitrogens is 1. The summed E-state index contributed by atoms with van der Waals surface area (Å²) in [6.07, 6.45) is 1.45. The largest absolute Gasteiger partial charge is 0.487 e. The van der Waals surface area contributed by atoms with Gasteiger partial charge in [0.15, 0.2) is 11.6 Å². The molecular formula is C23H30FN5O5. The fourth-order valence-electron chi connectivity index (χ4n) is 4.51. The molecule has 4 rings (SSSR count). The summed E-state index contributed by atoms with van der Waals surface area (Å²) >= 11 is 0. The summed E-state index contributed by atoms with van der Waals surface area (Å²) in [5.74, 6) is -1.91. The van der Waals surface area contributed by atoms with Gasteiger partial charge in [-0.15, -0.1) is 0 Å². The Balaban J connectivity index is 1.77. The van der Waals surface area contributed by atoms with Crippen LogP contribution in [0.15, 0.2) is 17.1 Å². The first-order chi connectivity index (χ1) is 16.2. The van der Waals surface area contributed by atoms with Crippen molar-refractivity contribution in [1.29, 1.82) is 0 Å². The number of ether oxygens (including phenoxy) is 1. The van der Waals surface area contributed by atoms with E-state index in [2.05, 4.69) is 10.2 Å². The number of likely N-dealkylation sites (N-methyl/N-ethyl adjacent to an activating group) is 1. The minimum atomic E-state index is -1.00. The van der Waals surface area contributed by atoms with Crippen molar-refractivity contribution >= 4 is 28.5 Å². The number of anilines is 1. The Morgan fingerprint density at radius 3 is 2.68 bits per heavy atom. The lowest BCUT2D eigenvalue weighted by Gasteiger charge is -2.37. The number of hydrogen-bond acceptors (Lipinski definition) is 7. The van der Waals surface area contributed by atoms with Crippen LogP contribution >= 0.6 is 0 Å². The van der Waals surface area contributed by atoms with Gasteiger partial charge in [-0.25, -0.2) is 4.39 Å². The molecule has 184 valence electrons. The average Bonchev–Trinajstić information content (AvgIpc) is 2.80. The van der Waals surface area contributed by atoms with Crippen molar-refractivity contribution in [1.82, 2.24) is 14.8 Å². The van der Waals surface area contributed by atoms with Crippen molar-refractivity contribution in [3.05, 3.63) is 33.9 Å². The fourth-order valence-corrected chi connectivity index (χ4v) is 4.51. The zero-order valence-electron chi connectivity index (χ0n) is 19.3. The maximum atomic E-state index is 15.4. The normalized spacial score (nSPS) is 19.1. The van der Waals surface area contributed by atoms with E-state index in [1.54, 1.807) is 4.57 Å². The lowest BCUT2D eigenvalue weighted by atomic mass is 10.0. The van der Waals surface area contributed by atoms with E-state index in [1.807, 2.05) is 18.9 Å². The van der Waals surface area contributed by atoms with Crippen LogP contribution in [0.3, 0.4) is 0 Å². The van der Waals surface area contributed by atoms with Crippen LogP contribution in [0.1, 0.15) is 36.2 Å². The van der Waals surface area contributed by atoms with Crippen molar-refractivity contribution in [2.75, 3.05) is 51.3 Å². The molecule has 1 aromatic heterocycles. The minimum absolute atomic E-state index is 0.0260. The van der Waals surface area contributed by atoms with Gasteiger partial charge in [-0.05, 0) is 26.5 Å². The first-order valence-electron chi connectivity index (χ1n) is 11.4. The van der Waals surface area contributed by atoms with Gasteiger partial charge in [0.05, 0.1) is 16.9 Å². The maximum Gasteiger partial charge on any atom is 0.303 e. The van der Waals surface area contributed by atoms with Crippen molar-refractivity contribution in [2.45, 2.75) is 31.8 Å². The van der Waals surface area contributed by atoms with Gasteiger partial charge in [-0.3, -0.25) is 14.4 Å². The Morgan fingerprint density at radius 1 is 1.32 bits per heavy atom. The third kappa shape index (κ3) is 4.45. The highest BCUT2D eigenvalue weighted by Crippen LogP contribution is 2.42. The number of pyridine rings is 1. The molecule has 2 aromatic rings. The first kappa shape index (κ1) is 24.0. The van der Waals surface area contributed by atoms with Gasteiger partial charge >= 0.3 is 5.97 Å². The van der Waals surface area contributed by atoms with E-state index in [0.717, 1.165) is 13.1 Å². The number of carbonyl (C=O) groups is 2. The number of nitrogens with two attached hydrogens (primary N) is 1. The molecular weight excluding hydrogens is 445 g/mol. The third-order valence-corrected chi connectivity index (χ3v) is 6.53. The van der Waals surface area contributed by atoms with E-state index in [4.69, 9.17) is 15.6 Å². The van der Waals surface area contributed by atoms with E-state index in [9.17, 15) is 14.4 Å². The van der Waals surface area contributed by atoms with Crippen LogP contribution in [0.4, 0.5) is 10.1 Å². The zero-order chi connectivity index (χ0) is 24.6. The predicted octanol–water partition coefficient (Wildman–Crippen LogP) is 0.768. The number of carboxylic acid groups (broad SMARTS) is 1. The number of hydrogen-bond donors (Lipinski definition) is 3. The van der Waals surface area contributed by atoms with Crippen molar-refractivity contribution in [3.8, 4) is 5.75 Å². The lowest BCUT2D eigenvalue weighted by molar-refractivity contribution is -0.137. The lowest BCUT2D eigenvalue weighted by Crippen LogP contribution is -2.45. The molecule has 4 N–H and O–H groups in total. The summed E-state index contributed by atoms with van der Waals surface area (Å²) in [6, 6.07) is 0.395. The smallest absolute Gasteiger partial charge is 0.303 e. The molecule has 1 amide bonds. The third-order valence-electron chi connectivity index (χ3n) is 6.53. The molecule has 0 unspecified atom stereocenters. The Kier molecular flexibility index (Phi) is 6.76. The summed E-state index contributed by atoms with van der Waals surface area (Å²) in [5.41, 5.74) is 5.73. The summed E-state index contributed by atoms with van der Waals surface area (Å²) in [5, 5.41) is 11.6. The summed E-state index contributed by atoms with van der Waals surface area (Å²) in [7, 11) is 2.01. The number of carboxylic acids is 1. The highest BCUT2D eigenvalue weighted by Gasteiger charge is 2.31. The minimum Gasteiger partial charge on any atom is -0.487 e. The van der Waals surface area contributed by atoms with Gasteiger partial charge in [0.25, 0.3) is 5.91 Å². The highest BCUT2D eigenvalue weighted by molar-refractivity contribution is 6.00. The van der Waals surface area contributed by atoms with Crippen molar-refractivity contribution in [3.63, 3.8) is 0 Å². The Labute approximate surface area is 196 Å². The molecule has 0 saturated carbocycles. The van der Waals surface area contributed by atoms with Crippen LogP contribution in [0.25, 0.3) is 10.9 Å². The molecule has 3 heterocycles. The molecule has 0 bridgehead atoms. The summed E-state index contributed by atoms with van der Waals surface area (Å²) in [4.78, 5) is 41.2. The van der Waals surface area contributed by atoms with Crippen LogP contribution in [0, 0.1) is 5.82 Å². The van der Waals surface area contributed by atoms with Gasteiger partial charge in [0.2, 0.25) is 5.43 Å². The number of nitrogens with one attached hydrogen (secondary N) is 1. The number of aliphatic carboxylic acids is 1. The van der Waals surface area contributed by atoms with Crippen LogP contribution in [-0.4, -0.2) is 78.9 Å². The van der Waals surface area contributed by atoms with Gasteiger partial charge in [-0.2, -0.15) is 0 Å². The van der Waals surface area contributed by atoms with E-state index in [0.29, 0.717) is 30.0 Å². The molecule has 2 aliphatic rings. The monoisotopic (exact) mass is 475 g/mol. The molecule has 34 heavy (non-hydrogen) atoms. The number of rotatable bonds is 7. The fraction of sp³-hybridized carbons (Fsp3) is 0.522. The van der Waals surface area contributed by atoms with Gasteiger partial charge in [0, 0.05) is 51.4 Å². The molecule has 1 fully saturated rings. The summed E-state index contributed by atoms with van der Waals surface area (Å²) < 4.78 is 23.2. The predicted molar refractivity (Wildman–Crippen MR) is 125 cm³/mol. The van der Waals surface area contributed by atoms with E-state index in [-0.39, 0.29) is 43.0 Å². The summed E-state index contributed by atoms with van der Waals surface area (Å²) in [6.45, 7) is 5.01. The topological polar surface area (TPSA) is 130 Å². The van der Waals surface area contributed by atoms with E-state index in [1.165, 1.54) is 12.3 Å². The molecule has 0 radical (unpaired) electrons. The second-order valence-electron chi connectivity index (χ2n) is 9.00. The molecule has 2 aliphatic heterocycles. The first-order valence-corrected chi connectivity index (χ1v) is 11.4. The maximum absolute atomic E-state index is 15.4. The Hall–Kier alpha value is -3.18. The van der Waals surface area contributed by atoms with Crippen molar-refractivity contribution < 1.29 is 23.8 Å². The quantitative estimate of drug-likeness (QED) is 0.535. The Bertz CT molecular complexity index is 1170. The van der Waals surface area contributed by atoms with E-state index < -0.39 is 29.2 Å². The number of amides is 1. The average molecular weight is 476 g/mol. The van der Waals surface area contributed by atoms with Crippen LogP contribution < -0.4 is 26.1 Å². The van der Waals surface area contributed by atoms with Crippen molar-refractivity contribution in [2.24, 2.45) is 5.73 Å². The van der Waals surface area contributed by atoms with Gasteiger partial charge in [-0.1, -0.05) is 0 Å². The molecule has 1 saturated heterocycles.